The summed E-state index contributed by atoms with van der Waals surface area (Å²) >= 11 is 3.31. The quantitative estimate of drug-likeness (QED) is 0.722. The zero-order valence-electron chi connectivity index (χ0n) is 11.1. The predicted molar refractivity (Wildman–Crippen MR) is 81.0 cm³/mol. The number of benzene rings is 1. The average molecular weight is 351 g/mol. The highest BCUT2D eigenvalue weighted by Crippen LogP contribution is 2.27. The Morgan fingerprint density at radius 3 is 2.86 bits per heavy atom. The van der Waals surface area contributed by atoms with Crippen molar-refractivity contribution in [2.24, 2.45) is 0 Å². The van der Waals surface area contributed by atoms with Gasteiger partial charge < -0.3 is 10.2 Å². The molecule has 0 spiro atoms. The fraction of sp³-hybridized carbons (Fsp3) is 0.308. The maximum absolute atomic E-state index is 14.3. The minimum atomic E-state index is -0.355. The number of halogens is 2. The van der Waals surface area contributed by atoms with Crippen LogP contribution in [0.25, 0.3) is 16.7 Å². The van der Waals surface area contributed by atoms with E-state index in [2.05, 4.69) is 41.3 Å². The van der Waals surface area contributed by atoms with Crippen molar-refractivity contribution in [1.82, 2.24) is 24.9 Å². The van der Waals surface area contributed by atoms with Crippen LogP contribution in [0.5, 0.6) is 0 Å². The van der Waals surface area contributed by atoms with Crippen LogP contribution in [0.1, 0.15) is 0 Å². The molecule has 0 amide bonds. The van der Waals surface area contributed by atoms with Gasteiger partial charge in [0.05, 0.1) is 5.52 Å². The Morgan fingerprint density at radius 2 is 2.05 bits per heavy atom. The van der Waals surface area contributed by atoms with Crippen molar-refractivity contribution in [3.05, 3.63) is 28.7 Å². The number of piperazine rings is 1. The SMILES string of the molecule is Fc1cc(Br)cc2c1nc(N1CCNCC1)c1nncn12. The standard InChI is InChI=1S/C13H12BrFN6/c14-8-5-9(15)11-10(6-8)21-7-17-19-13(21)12(18-11)20-3-1-16-2-4-20/h5-7,16H,1-4H2. The normalized spacial score (nSPS) is 16.0. The number of anilines is 1. The van der Waals surface area contributed by atoms with Gasteiger partial charge in [-0.25, -0.2) is 9.37 Å². The molecule has 1 N–H and O–H groups in total. The first kappa shape index (κ1) is 12.9. The van der Waals surface area contributed by atoms with E-state index in [9.17, 15) is 4.39 Å². The maximum atomic E-state index is 14.3. The van der Waals surface area contributed by atoms with Gasteiger partial charge in [0.25, 0.3) is 0 Å². The Kier molecular flexibility index (Phi) is 3.00. The topological polar surface area (TPSA) is 58.4 Å². The van der Waals surface area contributed by atoms with Crippen LogP contribution < -0.4 is 10.2 Å². The van der Waals surface area contributed by atoms with Crippen LogP contribution in [-0.2, 0) is 0 Å². The number of aromatic nitrogens is 4. The average Bonchev–Trinajstić information content (AvgIpc) is 2.97. The van der Waals surface area contributed by atoms with Gasteiger partial charge in [-0.2, -0.15) is 0 Å². The molecule has 3 heterocycles. The van der Waals surface area contributed by atoms with Crippen molar-refractivity contribution in [2.75, 3.05) is 31.1 Å². The molecule has 1 aliphatic heterocycles. The lowest BCUT2D eigenvalue weighted by atomic mass is 10.2. The van der Waals surface area contributed by atoms with E-state index in [0.717, 1.165) is 26.2 Å². The van der Waals surface area contributed by atoms with Crippen LogP contribution in [0.15, 0.2) is 22.9 Å². The number of fused-ring (bicyclic) bond motifs is 3. The lowest BCUT2D eigenvalue weighted by Gasteiger charge is -2.28. The molecule has 1 fully saturated rings. The third kappa shape index (κ3) is 2.06. The van der Waals surface area contributed by atoms with E-state index in [-0.39, 0.29) is 5.82 Å². The molecule has 6 nitrogen and oxygen atoms in total. The van der Waals surface area contributed by atoms with Gasteiger partial charge in [0, 0.05) is 30.7 Å². The van der Waals surface area contributed by atoms with Gasteiger partial charge in [-0.15, -0.1) is 10.2 Å². The van der Waals surface area contributed by atoms with Gasteiger partial charge in [0.1, 0.15) is 11.8 Å². The zero-order chi connectivity index (χ0) is 14.4. The highest BCUT2D eigenvalue weighted by Gasteiger charge is 2.20. The summed E-state index contributed by atoms with van der Waals surface area (Å²) in [5.41, 5.74) is 1.64. The van der Waals surface area contributed by atoms with Crippen molar-refractivity contribution in [2.45, 2.75) is 0 Å². The second-order valence-corrected chi connectivity index (χ2v) is 5.87. The molecule has 0 radical (unpaired) electrons. The van der Waals surface area contributed by atoms with Gasteiger partial charge in [-0.1, -0.05) is 15.9 Å². The second kappa shape index (κ2) is 4.88. The van der Waals surface area contributed by atoms with Crippen LogP contribution in [0.4, 0.5) is 10.2 Å². The maximum Gasteiger partial charge on any atom is 0.204 e. The van der Waals surface area contributed by atoms with E-state index < -0.39 is 0 Å². The Balaban J connectivity index is 2.03. The smallest absolute Gasteiger partial charge is 0.204 e. The summed E-state index contributed by atoms with van der Waals surface area (Å²) in [6.07, 6.45) is 1.59. The van der Waals surface area contributed by atoms with E-state index in [0.29, 0.717) is 27.0 Å². The van der Waals surface area contributed by atoms with E-state index >= 15 is 0 Å². The van der Waals surface area contributed by atoms with E-state index in [4.69, 9.17) is 0 Å². The lowest BCUT2D eigenvalue weighted by Crippen LogP contribution is -2.44. The molecular formula is C13H12BrFN6. The van der Waals surface area contributed by atoms with E-state index in [1.165, 1.54) is 6.07 Å². The lowest BCUT2D eigenvalue weighted by molar-refractivity contribution is 0.585. The summed E-state index contributed by atoms with van der Waals surface area (Å²) < 4.78 is 16.7. The van der Waals surface area contributed by atoms with Crippen LogP contribution >= 0.6 is 15.9 Å². The molecule has 0 saturated carbocycles. The van der Waals surface area contributed by atoms with E-state index in [1.807, 2.05) is 6.07 Å². The summed E-state index contributed by atoms with van der Waals surface area (Å²) in [6.45, 7) is 3.39. The van der Waals surface area contributed by atoms with Gasteiger partial charge in [0.15, 0.2) is 11.6 Å². The number of hydrogen-bond donors (Lipinski definition) is 1. The number of nitrogens with zero attached hydrogens (tertiary/aromatic N) is 5. The van der Waals surface area contributed by atoms with E-state index in [1.54, 1.807) is 10.7 Å². The molecule has 3 aromatic rings. The van der Waals surface area contributed by atoms with Crippen molar-refractivity contribution in [1.29, 1.82) is 0 Å². The van der Waals surface area contributed by atoms with Gasteiger partial charge in [-0.05, 0) is 12.1 Å². The number of nitrogens with one attached hydrogen (secondary N) is 1. The highest BCUT2D eigenvalue weighted by molar-refractivity contribution is 9.10. The monoisotopic (exact) mass is 350 g/mol. The van der Waals surface area contributed by atoms with Crippen molar-refractivity contribution < 1.29 is 4.39 Å². The van der Waals surface area contributed by atoms with Gasteiger partial charge in [0.2, 0.25) is 5.65 Å². The first-order valence-electron chi connectivity index (χ1n) is 6.68. The Hall–Kier alpha value is -1.80. The molecule has 4 rings (SSSR count). The summed E-state index contributed by atoms with van der Waals surface area (Å²) in [5.74, 6) is 0.328. The zero-order valence-corrected chi connectivity index (χ0v) is 12.6. The molecule has 0 bridgehead atoms. The molecule has 0 unspecified atom stereocenters. The Morgan fingerprint density at radius 1 is 1.24 bits per heavy atom. The Bertz CT molecular complexity index is 826. The molecule has 2 aromatic heterocycles. The summed E-state index contributed by atoms with van der Waals surface area (Å²) in [4.78, 5) is 6.63. The first-order chi connectivity index (χ1) is 10.2. The van der Waals surface area contributed by atoms with Crippen molar-refractivity contribution in [3.63, 3.8) is 0 Å². The number of hydrogen-bond acceptors (Lipinski definition) is 5. The van der Waals surface area contributed by atoms with Crippen LogP contribution in [0.2, 0.25) is 0 Å². The molecule has 8 heteroatoms. The third-order valence-electron chi connectivity index (χ3n) is 3.65. The molecular weight excluding hydrogens is 339 g/mol. The number of rotatable bonds is 1. The largest absolute Gasteiger partial charge is 0.351 e. The molecule has 21 heavy (non-hydrogen) atoms. The molecule has 108 valence electrons. The summed E-state index contributed by atoms with van der Waals surface area (Å²) in [7, 11) is 0. The van der Waals surface area contributed by atoms with Gasteiger partial charge >= 0.3 is 0 Å². The Labute approximate surface area is 128 Å². The second-order valence-electron chi connectivity index (χ2n) is 4.95. The molecule has 1 aromatic carbocycles. The van der Waals surface area contributed by atoms with Crippen LogP contribution in [0.3, 0.4) is 0 Å². The fourth-order valence-electron chi connectivity index (χ4n) is 2.66. The van der Waals surface area contributed by atoms with Crippen LogP contribution in [-0.4, -0.2) is 45.8 Å². The molecule has 1 aliphatic rings. The minimum Gasteiger partial charge on any atom is -0.351 e. The van der Waals surface area contributed by atoms with Crippen molar-refractivity contribution in [3.8, 4) is 0 Å². The predicted octanol–water partition coefficient (Wildman–Crippen LogP) is 1.59. The summed E-state index contributed by atoms with van der Waals surface area (Å²) in [6, 6.07) is 3.25. The minimum absolute atomic E-state index is 0.332. The first-order valence-corrected chi connectivity index (χ1v) is 7.47. The molecule has 0 aliphatic carbocycles. The fourth-order valence-corrected chi connectivity index (χ4v) is 3.07. The summed E-state index contributed by atoms with van der Waals surface area (Å²) in [5, 5.41) is 11.4. The van der Waals surface area contributed by atoms with Crippen molar-refractivity contribution >= 4 is 38.4 Å². The highest BCUT2D eigenvalue weighted by atomic mass is 79.9. The van der Waals surface area contributed by atoms with Crippen LogP contribution in [0, 0.1) is 5.82 Å². The van der Waals surface area contributed by atoms with Gasteiger partial charge in [-0.3, -0.25) is 4.40 Å². The molecule has 0 atom stereocenters. The third-order valence-corrected chi connectivity index (χ3v) is 4.11. The molecule has 1 saturated heterocycles.